The Morgan fingerprint density at radius 3 is 2.82 bits per heavy atom. The first-order chi connectivity index (χ1) is 13.5. The van der Waals surface area contributed by atoms with Crippen LogP contribution in [0.25, 0.3) is 0 Å². The third-order valence-electron chi connectivity index (χ3n) is 5.89. The van der Waals surface area contributed by atoms with E-state index in [-0.39, 0.29) is 41.7 Å². The van der Waals surface area contributed by atoms with Crippen LogP contribution < -0.4 is 5.56 Å². The van der Waals surface area contributed by atoms with Gasteiger partial charge in [0.15, 0.2) is 0 Å². The molecule has 1 aromatic heterocycles. The lowest BCUT2D eigenvalue weighted by Crippen LogP contribution is -2.50. The number of carbonyl (C=O) groups is 2. The number of hydrogen-bond acceptors (Lipinski definition) is 4. The molecule has 2 aliphatic rings. The van der Waals surface area contributed by atoms with Crippen molar-refractivity contribution in [3.05, 3.63) is 47.4 Å². The Labute approximate surface area is 165 Å². The molecule has 7 heteroatoms. The average Bonchev–Trinajstić information content (AvgIpc) is 2.91. The van der Waals surface area contributed by atoms with E-state index < -0.39 is 0 Å². The van der Waals surface area contributed by atoms with Crippen LogP contribution in [0.3, 0.4) is 0 Å². The molecule has 3 rings (SSSR count). The molecule has 28 heavy (non-hydrogen) atoms. The van der Waals surface area contributed by atoms with Crippen LogP contribution in [0.2, 0.25) is 0 Å². The van der Waals surface area contributed by atoms with Gasteiger partial charge in [-0.2, -0.15) is 0 Å². The van der Waals surface area contributed by atoms with Crippen molar-refractivity contribution >= 4 is 11.8 Å². The normalized spacial score (nSPS) is 25.2. The molecule has 2 fully saturated rings. The number of piperidine rings is 1. The van der Waals surface area contributed by atoms with Crippen LogP contribution >= 0.6 is 0 Å². The molecule has 0 N–H and O–H groups in total. The van der Waals surface area contributed by atoms with Gasteiger partial charge >= 0.3 is 0 Å². The first-order valence-corrected chi connectivity index (χ1v) is 9.88. The maximum absolute atomic E-state index is 12.8. The number of hydrogen-bond donors (Lipinski definition) is 0. The van der Waals surface area contributed by atoms with E-state index in [9.17, 15) is 14.4 Å². The molecule has 2 aliphatic heterocycles. The van der Waals surface area contributed by atoms with Crippen molar-refractivity contribution in [2.24, 2.45) is 17.8 Å². The topological polar surface area (TPSA) is 71.8 Å². The maximum Gasteiger partial charge on any atom is 0.250 e. The summed E-state index contributed by atoms with van der Waals surface area (Å²) < 4.78 is 7.11. The summed E-state index contributed by atoms with van der Waals surface area (Å²) in [5, 5.41) is 0. The first kappa shape index (κ1) is 20.3. The number of fused-ring (bicyclic) bond motifs is 1. The molecular weight excluding hydrogens is 358 g/mol. The van der Waals surface area contributed by atoms with Crippen LogP contribution in [0.1, 0.15) is 12.8 Å². The predicted octanol–water partition coefficient (Wildman–Crippen LogP) is 0.994. The maximum atomic E-state index is 12.8. The Morgan fingerprint density at radius 1 is 1.29 bits per heavy atom. The van der Waals surface area contributed by atoms with Gasteiger partial charge in [0, 0.05) is 50.8 Å². The van der Waals surface area contributed by atoms with E-state index in [2.05, 4.69) is 6.58 Å². The Bertz CT molecular complexity index is 775. The van der Waals surface area contributed by atoms with E-state index >= 15 is 0 Å². The van der Waals surface area contributed by atoms with Crippen LogP contribution in [-0.4, -0.2) is 66.1 Å². The molecule has 2 saturated heterocycles. The second kappa shape index (κ2) is 9.19. The van der Waals surface area contributed by atoms with Gasteiger partial charge in [-0.1, -0.05) is 12.1 Å². The Balaban J connectivity index is 1.68. The summed E-state index contributed by atoms with van der Waals surface area (Å²) in [5.41, 5.74) is -0.185. The van der Waals surface area contributed by atoms with E-state index in [1.54, 1.807) is 34.2 Å². The minimum absolute atomic E-state index is 0.0364. The van der Waals surface area contributed by atoms with Crippen LogP contribution in [-0.2, 0) is 20.9 Å². The van der Waals surface area contributed by atoms with Crippen LogP contribution in [0, 0.1) is 17.8 Å². The average molecular weight is 387 g/mol. The van der Waals surface area contributed by atoms with Crippen molar-refractivity contribution in [1.29, 1.82) is 0 Å². The smallest absolute Gasteiger partial charge is 0.250 e. The zero-order valence-corrected chi connectivity index (χ0v) is 16.5. The summed E-state index contributed by atoms with van der Waals surface area (Å²) in [4.78, 5) is 40.9. The Morgan fingerprint density at radius 2 is 2.07 bits per heavy atom. The third-order valence-corrected chi connectivity index (χ3v) is 5.89. The summed E-state index contributed by atoms with van der Waals surface area (Å²) in [7, 11) is 1.84. The third kappa shape index (κ3) is 4.52. The Hall–Kier alpha value is -2.41. The van der Waals surface area contributed by atoms with Gasteiger partial charge in [0.1, 0.15) is 6.54 Å². The molecule has 3 atom stereocenters. The molecule has 0 saturated carbocycles. The van der Waals surface area contributed by atoms with E-state index in [1.165, 1.54) is 10.6 Å². The number of likely N-dealkylation sites (tertiary alicyclic amines) is 2. The van der Waals surface area contributed by atoms with E-state index in [1.807, 2.05) is 7.05 Å². The molecule has 7 nitrogen and oxygen atoms in total. The number of aromatic nitrogens is 1. The predicted molar refractivity (Wildman–Crippen MR) is 106 cm³/mol. The van der Waals surface area contributed by atoms with Crippen molar-refractivity contribution in [2.45, 2.75) is 19.4 Å². The molecule has 1 aromatic rings. The lowest BCUT2D eigenvalue weighted by atomic mass is 9.75. The fourth-order valence-corrected chi connectivity index (χ4v) is 4.42. The molecule has 0 spiro atoms. The standard InChI is InChI=1S/C21H29N3O4/c1-3-12-28-15-16-13-22(2)21(27)18-8-11-23(10-7-17(16)18)20(26)14-24-9-5-4-6-19(24)25/h3-6,9,16-18H,1,7-8,10-15H2,2H3/t16-,17-,18-/m0/s1. The molecule has 2 amide bonds. The van der Waals surface area contributed by atoms with E-state index in [0.717, 1.165) is 6.42 Å². The van der Waals surface area contributed by atoms with Crippen molar-refractivity contribution < 1.29 is 14.3 Å². The highest BCUT2D eigenvalue weighted by Gasteiger charge is 2.42. The summed E-state index contributed by atoms with van der Waals surface area (Å²) in [5.74, 6) is 0.490. The fraction of sp³-hybridized carbons (Fsp3) is 0.571. The van der Waals surface area contributed by atoms with Crippen LogP contribution in [0.4, 0.5) is 0 Å². The number of rotatable bonds is 6. The molecule has 3 heterocycles. The minimum Gasteiger partial charge on any atom is -0.377 e. The zero-order chi connectivity index (χ0) is 20.1. The minimum atomic E-state index is -0.185. The summed E-state index contributed by atoms with van der Waals surface area (Å²) in [6, 6.07) is 4.86. The van der Waals surface area contributed by atoms with E-state index in [0.29, 0.717) is 39.3 Å². The second-order valence-corrected chi connectivity index (χ2v) is 7.70. The largest absolute Gasteiger partial charge is 0.377 e. The first-order valence-electron chi connectivity index (χ1n) is 9.88. The highest BCUT2D eigenvalue weighted by Crippen LogP contribution is 2.36. The molecule has 0 radical (unpaired) electrons. The van der Waals surface area contributed by atoms with Gasteiger partial charge in [-0.3, -0.25) is 14.4 Å². The number of amides is 2. The van der Waals surface area contributed by atoms with Gasteiger partial charge in [-0.05, 0) is 24.8 Å². The molecule has 0 unspecified atom stereocenters. The van der Waals surface area contributed by atoms with Gasteiger partial charge < -0.3 is 19.1 Å². The number of pyridine rings is 1. The van der Waals surface area contributed by atoms with Gasteiger partial charge in [-0.25, -0.2) is 0 Å². The summed E-state index contributed by atoms with van der Waals surface area (Å²) in [6.45, 7) is 6.65. The SMILES string of the molecule is C=CCOC[C@@H]1CN(C)C(=O)[C@H]2CCN(C(=O)Cn3ccccc3=O)CC[C@@H]12. The molecular formula is C21H29N3O4. The Kier molecular flexibility index (Phi) is 6.67. The van der Waals surface area contributed by atoms with Crippen molar-refractivity contribution in [3.8, 4) is 0 Å². The lowest BCUT2D eigenvalue weighted by molar-refractivity contribution is -0.144. The zero-order valence-electron chi connectivity index (χ0n) is 16.5. The fourth-order valence-electron chi connectivity index (χ4n) is 4.42. The highest BCUT2D eigenvalue weighted by atomic mass is 16.5. The van der Waals surface area contributed by atoms with Crippen molar-refractivity contribution in [3.63, 3.8) is 0 Å². The highest BCUT2D eigenvalue weighted by molar-refractivity contribution is 5.80. The molecule has 0 bridgehead atoms. The van der Waals surface area contributed by atoms with Gasteiger partial charge in [0.25, 0.3) is 5.56 Å². The van der Waals surface area contributed by atoms with Crippen LogP contribution in [0.15, 0.2) is 41.8 Å². The van der Waals surface area contributed by atoms with Crippen molar-refractivity contribution in [1.82, 2.24) is 14.4 Å². The van der Waals surface area contributed by atoms with Crippen LogP contribution in [0.5, 0.6) is 0 Å². The van der Waals surface area contributed by atoms with Gasteiger partial charge in [-0.15, -0.1) is 6.58 Å². The monoisotopic (exact) mass is 387 g/mol. The molecule has 152 valence electrons. The quantitative estimate of drug-likeness (QED) is 0.539. The second-order valence-electron chi connectivity index (χ2n) is 7.70. The summed E-state index contributed by atoms with van der Waals surface area (Å²) in [6.07, 6.45) is 4.79. The number of nitrogens with zero attached hydrogens (tertiary/aromatic N) is 3. The molecule has 0 aliphatic carbocycles. The van der Waals surface area contributed by atoms with Gasteiger partial charge in [0.05, 0.1) is 13.2 Å². The lowest BCUT2D eigenvalue weighted by Gasteiger charge is -2.41. The number of carbonyl (C=O) groups excluding carboxylic acids is 2. The van der Waals surface area contributed by atoms with E-state index in [4.69, 9.17) is 4.74 Å². The molecule has 0 aromatic carbocycles. The van der Waals surface area contributed by atoms with Crippen molar-refractivity contribution in [2.75, 3.05) is 39.9 Å². The summed E-state index contributed by atoms with van der Waals surface area (Å²) >= 11 is 0. The number of ether oxygens (including phenoxy) is 1. The van der Waals surface area contributed by atoms with Gasteiger partial charge in [0.2, 0.25) is 11.8 Å².